The third-order valence-corrected chi connectivity index (χ3v) is 3.75. The van der Waals surface area contributed by atoms with Crippen LogP contribution in [0.2, 0.25) is 0 Å². The number of amides is 2. The van der Waals surface area contributed by atoms with Gasteiger partial charge in [0.1, 0.15) is 0 Å². The van der Waals surface area contributed by atoms with Gasteiger partial charge in [0.05, 0.1) is 23.5 Å². The molecular weight excluding hydrogens is 290 g/mol. The number of nitrogens with two attached hydrogens (primary N) is 1. The number of para-hydroxylation sites is 1. The molecule has 0 unspecified atom stereocenters. The Kier molecular flexibility index (Phi) is 4.19. The Balaban J connectivity index is 2.02. The highest BCUT2D eigenvalue weighted by Gasteiger charge is 2.24. The van der Waals surface area contributed by atoms with E-state index in [0.717, 1.165) is 11.3 Å². The Labute approximate surface area is 134 Å². The molecule has 1 aliphatic rings. The van der Waals surface area contributed by atoms with E-state index in [-0.39, 0.29) is 18.9 Å². The van der Waals surface area contributed by atoms with Gasteiger partial charge >= 0.3 is 0 Å². The normalized spacial score (nSPS) is 14.0. The average molecular weight is 307 g/mol. The lowest BCUT2D eigenvalue weighted by molar-refractivity contribution is -0.118. The first-order valence-corrected chi connectivity index (χ1v) is 7.45. The second kappa shape index (κ2) is 6.44. The maximum atomic E-state index is 12.7. The molecule has 116 valence electrons. The van der Waals surface area contributed by atoms with Gasteiger partial charge in [-0.3, -0.25) is 14.6 Å². The molecule has 0 radical (unpaired) electrons. The van der Waals surface area contributed by atoms with Crippen molar-refractivity contribution in [3.05, 3.63) is 65.7 Å². The first kappa shape index (κ1) is 15.0. The Hall–Kier alpha value is -2.95. The van der Waals surface area contributed by atoms with Crippen molar-refractivity contribution in [3.63, 3.8) is 0 Å². The van der Waals surface area contributed by atoms with Gasteiger partial charge in [0.15, 0.2) is 0 Å². The van der Waals surface area contributed by atoms with Crippen LogP contribution in [-0.4, -0.2) is 35.5 Å². The predicted molar refractivity (Wildman–Crippen MR) is 88.8 cm³/mol. The second-order valence-corrected chi connectivity index (χ2v) is 5.38. The van der Waals surface area contributed by atoms with E-state index in [2.05, 4.69) is 4.99 Å². The van der Waals surface area contributed by atoms with Gasteiger partial charge in [0, 0.05) is 13.0 Å². The van der Waals surface area contributed by atoms with Crippen molar-refractivity contribution in [1.29, 1.82) is 0 Å². The summed E-state index contributed by atoms with van der Waals surface area (Å²) in [5.41, 5.74) is 8.18. The maximum Gasteiger partial charge on any atom is 0.256 e. The molecule has 3 rings (SSSR count). The lowest BCUT2D eigenvalue weighted by Crippen LogP contribution is -2.37. The summed E-state index contributed by atoms with van der Waals surface area (Å²) in [6, 6.07) is 17.0. The van der Waals surface area contributed by atoms with E-state index in [4.69, 9.17) is 5.73 Å². The number of nitrogens with zero attached hydrogens (tertiary/aromatic N) is 2. The summed E-state index contributed by atoms with van der Waals surface area (Å²) in [5, 5.41) is 0. The van der Waals surface area contributed by atoms with Crippen molar-refractivity contribution in [2.75, 3.05) is 13.1 Å². The Bertz CT molecular complexity index is 769. The molecule has 5 heteroatoms. The summed E-state index contributed by atoms with van der Waals surface area (Å²) in [7, 11) is 0. The molecular formula is C18H17N3O2. The number of carbonyl (C=O) groups excluding carboxylic acids is 2. The van der Waals surface area contributed by atoms with E-state index in [1.165, 1.54) is 0 Å². The molecule has 0 saturated heterocycles. The minimum atomic E-state index is -0.423. The van der Waals surface area contributed by atoms with Gasteiger partial charge in [0.25, 0.3) is 5.91 Å². The standard InChI is InChI=1S/C18H17N3O2/c19-17(22)10-11-21-12-16(13-6-2-1-3-7-13)20-15-9-5-4-8-14(15)18(21)23/h1-9H,10-12H2,(H2,19,22). The van der Waals surface area contributed by atoms with Crippen LogP contribution < -0.4 is 5.73 Å². The third kappa shape index (κ3) is 3.29. The zero-order valence-electron chi connectivity index (χ0n) is 12.6. The SMILES string of the molecule is NC(=O)CCN1CC(c2ccccc2)=Nc2ccccc2C1=O. The number of aliphatic imine (C=N–C) groups is 1. The molecule has 5 nitrogen and oxygen atoms in total. The molecule has 2 aromatic carbocycles. The minimum absolute atomic E-state index is 0.128. The minimum Gasteiger partial charge on any atom is -0.370 e. The fraction of sp³-hybridized carbons (Fsp3) is 0.167. The first-order valence-electron chi connectivity index (χ1n) is 7.45. The highest BCUT2D eigenvalue weighted by Crippen LogP contribution is 2.25. The number of fused-ring (bicyclic) bond motifs is 1. The van der Waals surface area contributed by atoms with Gasteiger partial charge in [-0.05, 0) is 17.7 Å². The van der Waals surface area contributed by atoms with Crippen molar-refractivity contribution in [2.24, 2.45) is 10.7 Å². The monoisotopic (exact) mass is 307 g/mol. The van der Waals surface area contributed by atoms with Crippen molar-refractivity contribution >= 4 is 23.2 Å². The fourth-order valence-corrected chi connectivity index (χ4v) is 2.57. The average Bonchev–Trinajstić information content (AvgIpc) is 2.71. The Morgan fingerprint density at radius 3 is 2.52 bits per heavy atom. The van der Waals surface area contributed by atoms with Crippen molar-refractivity contribution < 1.29 is 9.59 Å². The Morgan fingerprint density at radius 2 is 1.78 bits per heavy atom. The van der Waals surface area contributed by atoms with Gasteiger partial charge in [-0.2, -0.15) is 0 Å². The van der Waals surface area contributed by atoms with Crippen LogP contribution in [0.1, 0.15) is 22.3 Å². The van der Waals surface area contributed by atoms with Crippen molar-refractivity contribution in [1.82, 2.24) is 4.90 Å². The van der Waals surface area contributed by atoms with Gasteiger partial charge in [-0.15, -0.1) is 0 Å². The van der Waals surface area contributed by atoms with E-state index in [1.54, 1.807) is 11.0 Å². The zero-order valence-corrected chi connectivity index (χ0v) is 12.6. The van der Waals surface area contributed by atoms with Crippen LogP contribution in [0.5, 0.6) is 0 Å². The van der Waals surface area contributed by atoms with Crippen molar-refractivity contribution in [2.45, 2.75) is 6.42 Å². The number of hydrogen-bond donors (Lipinski definition) is 1. The number of benzene rings is 2. The molecule has 2 aromatic rings. The zero-order chi connectivity index (χ0) is 16.2. The van der Waals surface area contributed by atoms with Gasteiger partial charge in [-0.25, -0.2) is 0 Å². The molecule has 23 heavy (non-hydrogen) atoms. The third-order valence-electron chi connectivity index (χ3n) is 3.75. The van der Waals surface area contributed by atoms with E-state index >= 15 is 0 Å². The largest absolute Gasteiger partial charge is 0.370 e. The van der Waals surface area contributed by atoms with E-state index in [9.17, 15) is 9.59 Å². The molecule has 2 N–H and O–H groups in total. The van der Waals surface area contributed by atoms with E-state index in [0.29, 0.717) is 17.8 Å². The molecule has 1 aliphatic heterocycles. The molecule has 0 spiro atoms. The first-order chi connectivity index (χ1) is 11.1. The predicted octanol–water partition coefficient (Wildman–Crippen LogP) is 2.14. The summed E-state index contributed by atoms with van der Waals surface area (Å²) in [6.45, 7) is 0.638. The lowest BCUT2D eigenvalue weighted by Gasteiger charge is -2.21. The lowest BCUT2D eigenvalue weighted by atomic mass is 10.1. The summed E-state index contributed by atoms with van der Waals surface area (Å²) in [6.07, 6.45) is 0.135. The molecule has 0 aromatic heterocycles. The van der Waals surface area contributed by atoms with Crippen LogP contribution in [0.3, 0.4) is 0 Å². The highest BCUT2D eigenvalue weighted by molar-refractivity contribution is 6.10. The molecule has 0 fully saturated rings. The van der Waals surface area contributed by atoms with Crippen LogP contribution in [0.25, 0.3) is 0 Å². The summed E-state index contributed by atoms with van der Waals surface area (Å²) in [5.74, 6) is -0.551. The maximum absolute atomic E-state index is 12.7. The van der Waals surface area contributed by atoms with Crippen LogP contribution in [-0.2, 0) is 4.79 Å². The second-order valence-electron chi connectivity index (χ2n) is 5.38. The molecule has 0 aliphatic carbocycles. The fourth-order valence-electron chi connectivity index (χ4n) is 2.57. The van der Waals surface area contributed by atoms with Gasteiger partial charge < -0.3 is 10.6 Å². The van der Waals surface area contributed by atoms with Crippen LogP contribution in [0.4, 0.5) is 5.69 Å². The Morgan fingerprint density at radius 1 is 1.09 bits per heavy atom. The van der Waals surface area contributed by atoms with Gasteiger partial charge in [-0.1, -0.05) is 42.5 Å². The quantitative estimate of drug-likeness (QED) is 0.939. The smallest absolute Gasteiger partial charge is 0.256 e. The van der Waals surface area contributed by atoms with E-state index < -0.39 is 5.91 Å². The van der Waals surface area contributed by atoms with Gasteiger partial charge in [0.2, 0.25) is 5.91 Å². The number of hydrogen-bond acceptors (Lipinski definition) is 3. The topological polar surface area (TPSA) is 75.8 Å². The summed E-state index contributed by atoms with van der Waals surface area (Å²) >= 11 is 0. The molecule has 0 atom stereocenters. The van der Waals surface area contributed by atoms with Crippen LogP contribution >= 0.6 is 0 Å². The summed E-state index contributed by atoms with van der Waals surface area (Å²) < 4.78 is 0. The number of rotatable bonds is 4. The van der Waals surface area contributed by atoms with Crippen LogP contribution in [0.15, 0.2) is 59.6 Å². The number of carbonyl (C=O) groups is 2. The highest BCUT2D eigenvalue weighted by atomic mass is 16.2. The number of primary amides is 1. The van der Waals surface area contributed by atoms with Crippen molar-refractivity contribution in [3.8, 4) is 0 Å². The molecule has 0 bridgehead atoms. The molecule has 2 amide bonds. The summed E-state index contributed by atoms with van der Waals surface area (Å²) in [4.78, 5) is 30.1. The molecule has 0 saturated carbocycles. The molecule has 1 heterocycles. The van der Waals surface area contributed by atoms with Crippen LogP contribution in [0, 0.1) is 0 Å². The van der Waals surface area contributed by atoms with E-state index in [1.807, 2.05) is 48.5 Å².